The molecular weight excluding hydrogens is 316 g/mol. The number of pyridine rings is 1. The molecule has 0 aliphatic carbocycles. The second-order valence-electron chi connectivity index (χ2n) is 4.66. The fourth-order valence-corrected chi connectivity index (χ4v) is 1.93. The maximum Gasteiger partial charge on any atom is 0.406 e. The van der Waals surface area contributed by atoms with E-state index in [0.29, 0.717) is 4.90 Å². The molecule has 8 heteroatoms. The van der Waals surface area contributed by atoms with Crippen molar-refractivity contribution in [1.82, 2.24) is 9.88 Å². The number of halogens is 5. The lowest BCUT2D eigenvalue weighted by atomic mass is 10.2. The van der Waals surface area contributed by atoms with Gasteiger partial charge in [0.2, 0.25) is 0 Å². The van der Waals surface area contributed by atoms with E-state index in [9.17, 15) is 18.0 Å². The van der Waals surface area contributed by atoms with Gasteiger partial charge in [0.05, 0.1) is 5.02 Å². The van der Waals surface area contributed by atoms with E-state index in [1.807, 2.05) is 0 Å². The molecule has 0 unspecified atom stereocenters. The summed E-state index contributed by atoms with van der Waals surface area (Å²) in [6.07, 6.45) is -4.49. The number of carbonyl (C=O) groups excluding carboxylic acids is 1. The third-order valence-corrected chi connectivity index (χ3v) is 2.77. The molecule has 0 N–H and O–H groups in total. The van der Waals surface area contributed by atoms with Gasteiger partial charge in [0.15, 0.2) is 0 Å². The van der Waals surface area contributed by atoms with Crippen LogP contribution in [0.4, 0.5) is 13.2 Å². The summed E-state index contributed by atoms with van der Waals surface area (Å²) in [7, 11) is 0. The second-order valence-corrected chi connectivity index (χ2v) is 5.45. The van der Waals surface area contributed by atoms with Crippen LogP contribution in [0.15, 0.2) is 12.1 Å². The molecule has 112 valence electrons. The highest BCUT2D eigenvalue weighted by Gasteiger charge is 2.34. The van der Waals surface area contributed by atoms with Gasteiger partial charge in [0, 0.05) is 6.54 Å². The lowest BCUT2D eigenvalue weighted by Gasteiger charge is -2.25. The molecule has 0 bridgehead atoms. The van der Waals surface area contributed by atoms with Crippen molar-refractivity contribution in [2.75, 3.05) is 13.1 Å². The number of aromatic nitrogens is 1. The Kier molecular flexibility index (Phi) is 5.65. The molecule has 0 radical (unpaired) electrons. The van der Waals surface area contributed by atoms with Gasteiger partial charge in [-0.3, -0.25) is 4.79 Å². The average molecular weight is 329 g/mol. The van der Waals surface area contributed by atoms with E-state index in [1.165, 1.54) is 12.1 Å². The van der Waals surface area contributed by atoms with Crippen molar-refractivity contribution in [3.63, 3.8) is 0 Å². The maximum atomic E-state index is 12.5. The summed E-state index contributed by atoms with van der Waals surface area (Å²) >= 11 is 11.4. The average Bonchev–Trinajstić information content (AvgIpc) is 2.28. The van der Waals surface area contributed by atoms with Crippen molar-refractivity contribution in [1.29, 1.82) is 0 Å². The summed E-state index contributed by atoms with van der Waals surface area (Å²) in [5, 5.41) is -0.0374. The van der Waals surface area contributed by atoms with Crippen LogP contribution in [0.5, 0.6) is 0 Å². The monoisotopic (exact) mass is 328 g/mol. The fraction of sp³-hybridized carbons (Fsp3) is 0.500. The Morgan fingerprint density at radius 1 is 1.35 bits per heavy atom. The van der Waals surface area contributed by atoms with Crippen LogP contribution in [0.25, 0.3) is 0 Å². The van der Waals surface area contributed by atoms with Crippen LogP contribution < -0.4 is 0 Å². The minimum Gasteiger partial charge on any atom is -0.328 e. The van der Waals surface area contributed by atoms with Crippen LogP contribution in [0.3, 0.4) is 0 Å². The highest BCUT2D eigenvalue weighted by Crippen LogP contribution is 2.22. The summed E-state index contributed by atoms with van der Waals surface area (Å²) in [5.74, 6) is -1.01. The third-order valence-electron chi connectivity index (χ3n) is 2.26. The molecule has 0 saturated carbocycles. The molecule has 0 atom stereocenters. The van der Waals surface area contributed by atoms with Crippen molar-refractivity contribution in [3.05, 3.63) is 28.0 Å². The van der Waals surface area contributed by atoms with Crippen LogP contribution in [-0.2, 0) is 0 Å². The van der Waals surface area contributed by atoms with Gasteiger partial charge in [-0.1, -0.05) is 37.0 Å². The van der Waals surface area contributed by atoms with E-state index in [2.05, 4.69) is 4.98 Å². The van der Waals surface area contributed by atoms with E-state index in [0.717, 1.165) is 0 Å². The molecular formula is C12H13Cl2F3N2O. The van der Waals surface area contributed by atoms with E-state index in [-0.39, 0.29) is 28.3 Å². The first kappa shape index (κ1) is 17.0. The van der Waals surface area contributed by atoms with E-state index < -0.39 is 18.6 Å². The standard InChI is InChI=1S/C12H13Cl2F3N2O/c1-7(2)5-19(6-12(15,16)17)11(20)10-8(13)3-4-9(14)18-10/h3-4,7H,5-6H2,1-2H3. The van der Waals surface area contributed by atoms with Crippen molar-refractivity contribution in [3.8, 4) is 0 Å². The van der Waals surface area contributed by atoms with Crippen LogP contribution >= 0.6 is 23.2 Å². The van der Waals surface area contributed by atoms with Gasteiger partial charge in [-0.15, -0.1) is 0 Å². The highest BCUT2D eigenvalue weighted by atomic mass is 35.5. The van der Waals surface area contributed by atoms with Gasteiger partial charge in [-0.2, -0.15) is 13.2 Å². The SMILES string of the molecule is CC(C)CN(CC(F)(F)F)C(=O)c1nc(Cl)ccc1Cl. The van der Waals surface area contributed by atoms with Crippen molar-refractivity contribution >= 4 is 29.1 Å². The lowest BCUT2D eigenvalue weighted by molar-refractivity contribution is -0.141. The Labute approximate surface area is 124 Å². The third kappa shape index (κ3) is 5.17. The molecule has 1 rings (SSSR count). The molecule has 1 aromatic rings. The summed E-state index contributed by atoms with van der Waals surface area (Å²) in [4.78, 5) is 16.5. The van der Waals surface area contributed by atoms with Crippen LogP contribution in [-0.4, -0.2) is 35.1 Å². The van der Waals surface area contributed by atoms with Gasteiger partial charge in [-0.05, 0) is 18.1 Å². The van der Waals surface area contributed by atoms with Crippen LogP contribution in [0.1, 0.15) is 24.3 Å². The quantitative estimate of drug-likeness (QED) is 0.781. The molecule has 0 aromatic carbocycles. The molecule has 1 heterocycles. The normalized spacial score (nSPS) is 11.8. The first-order valence-corrected chi connectivity index (χ1v) is 6.54. The van der Waals surface area contributed by atoms with E-state index >= 15 is 0 Å². The second kappa shape index (κ2) is 6.63. The van der Waals surface area contributed by atoms with Crippen molar-refractivity contribution in [2.24, 2.45) is 5.92 Å². The number of nitrogens with zero attached hydrogens (tertiary/aromatic N) is 2. The molecule has 1 amide bonds. The van der Waals surface area contributed by atoms with Crippen LogP contribution in [0.2, 0.25) is 10.2 Å². The van der Waals surface area contributed by atoms with Gasteiger partial charge in [-0.25, -0.2) is 4.98 Å². The summed E-state index contributed by atoms with van der Waals surface area (Å²) in [6.45, 7) is 2.02. The zero-order valence-corrected chi connectivity index (χ0v) is 12.4. The first-order chi connectivity index (χ1) is 9.10. The molecule has 0 aliphatic rings. The number of hydrogen-bond acceptors (Lipinski definition) is 2. The Hall–Kier alpha value is -1.01. The Morgan fingerprint density at radius 3 is 2.45 bits per heavy atom. The molecule has 0 aliphatic heterocycles. The van der Waals surface area contributed by atoms with Crippen molar-refractivity contribution < 1.29 is 18.0 Å². The minimum absolute atomic E-state index is 0.00532. The van der Waals surface area contributed by atoms with Crippen LogP contribution in [0, 0.1) is 5.92 Å². The van der Waals surface area contributed by atoms with Gasteiger partial charge in [0.1, 0.15) is 17.4 Å². The molecule has 0 saturated heterocycles. The zero-order chi connectivity index (χ0) is 15.5. The van der Waals surface area contributed by atoms with Gasteiger partial charge >= 0.3 is 6.18 Å². The number of hydrogen-bond donors (Lipinski definition) is 0. The number of rotatable bonds is 4. The molecule has 20 heavy (non-hydrogen) atoms. The molecule has 1 aromatic heterocycles. The summed E-state index contributed by atoms with van der Waals surface area (Å²) in [6, 6.07) is 2.68. The van der Waals surface area contributed by atoms with E-state index in [4.69, 9.17) is 23.2 Å². The molecule has 0 spiro atoms. The minimum atomic E-state index is -4.49. The Morgan fingerprint density at radius 2 is 1.95 bits per heavy atom. The zero-order valence-electron chi connectivity index (χ0n) is 10.8. The fourth-order valence-electron chi connectivity index (χ4n) is 1.59. The Bertz CT molecular complexity index is 492. The summed E-state index contributed by atoms with van der Waals surface area (Å²) in [5.41, 5.74) is -0.274. The summed E-state index contributed by atoms with van der Waals surface area (Å²) < 4.78 is 37.6. The number of amides is 1. The largest absolute Gasteiger partial charge is 0.406 e. The van der Waals surface area contributed by atoms with Crippen molar-refractivity contribution in [2.45, 2.75) is 20.0 Å². The number of carbonyl (C=O) groups is 1. The highest BCUT2D eigenvalue weighted by molar-refractivity contribution is 6.34. The molecule has 0 fully saturated rings. The smallest absolute Gasteiger partial charge is 0.328 e. The van der Waals surface area contributed by atoms with E-state index in [1.54, 1.807) is 13.8 Å². The predicted octanol–water partition coefficient (Wildman–Crippen LogP) is 4.05. The molecule has 3 nitrogen and oxygen atoms in total. The number of alkyl halides is 3. The maximum absolute atomic E-state index is 12.5. The predicted molar refractivity (Wildman–Crippen MR) is 71.1 cm³/mol. The Balaban J connectivity index is 3.06. The van der Waals surface area contributed by atoms with Gasteiger partial charge in [0.25, 0.3) is 5.91 Å². The lowest BCUT2D eigenvalue weighted by Crippen LogP contribution is -2.41. The van der Waals surface area contributed by atoms with Gasteiger partial charge < -0.3 is 4.90 Å². The topological polar surface area (TPSA) is 33.2 Å². The first-order valence-electron chi connectivity index (χ1n) is 5.78.